The lowest BCUT2D eigenvalue weighted by molar-refractivity contribution is 0.356. The zero-order valence-electron chi connectivity index (χ0n) is 11.9. The highest BCUT2D eigenvalue weighted by molar-refractivity contribution is 7.89. The molecule has 0 aromatic rings. The van der Waals surface area contributed by atoms with E-state index in [9.17, 15) is 8.42 Å². The molecule has 0 aromatic carbocycles. The van der Waals surface area contributed by atoms with Gasteiger partial charge in [-0.3, -0.25) is 0 Å². The van der Waals surface area contributed by atoms with E-state index in [4.69, 9.17) is 0 Å². The van der Waals surface area contributed by atoms with Gasteiger partial charge in [0.05, 0.1) is 5.25 Å². The summed E-state index contributed by atoms with van der Waals surface area (Å²) in [6, 6.07) is 0.305. The molecule has 0 amide bonds. The van der Waals surface area contributed by atoms with Crippen molar-refractivity contribution in [2.45, 2.75) is 32.1 Å². The molecular weight excluding hydrogens is 238 g/mol. The van der Waals surface area contributed by atoms with E-state index in [1.807, 2.05) is 32.8 Å². The van der Waals surface area contributed by atoms with Gasteiger partial charge in [-0.05, 0) is 21.0 Å². The molecular formula is C11H27N3O2S. The summed E-state index contributed by atoms with van der Waals surface area (Å²) in [5.74, 6) is 0. The average Bonchev–Trinajstić information content (AvgIpc) is 2.21. The van der Waals surface area contributed by atoms with Gasteiger partial charge in [0.15, 0.2) is 0 Å². The van der Waals surface area contributed by atoms with Crippen LogP contribution >= 0.6 is 0 Å². The number of nitrogens with one attached hydrogen (secondary N) is 1. The molecule has 1 unspecified atom stereocenters. The van der Waals surface area contributed by atoms with E-state index >= 15 is 0 Å². The van der Waals surface area contributed by atoms with Crippen LogP contribution in [0.2, 0.25) is 0 Å². The molecule has 0 aliphatic carbocycles. The van der Waals surface area contributed by atoms with Crippen molar-refractivity contribution < 1.29 is 8.42 Å². The second-order valence-electron chi connectivity index (χ2n) is 5.04. The first kappa shape index (κ1) is 16.8. The topological polar surface area (TPSA) is 52.7 Å². The lowest BCUT2D eigenvalue weighted by Crippen LogP contribution is -2.43. The maximum absolute atomic E-state index is 12.1. The van der Waals surface area contributed by atoms with Gasteiger partial charge in [0.2, 0.25) is 10.0 Å². The van der Waals surface area contributed by atoms with E-state index in [0.717, 1.165) is 6.54 Å². The standard InChI is InChI=1S/C11H27N3O2S/c1-10(2)12-9-11(3)17(15,16)14(6)8-7-13(4)5/h10-12H,7-9H2,1-6H3. The van der Waals surface area contributed by atoms with Gasteiger partial charge < -0.3 is 10.2 Å². The second kappa shape index (κ2) is 7.31. The van der Waals surface area contributed by atoms with Crippen LogP contribution in [0.1, 0.15) is 20.8 Å². The van der Waals surface area contributed by atoms with Gasteiger partial charge in [0.1, 0.15) is 0 Å². The molecule has 0 spiro atoms. The fraction of sp³-hybridized carbons (Fsp3) is 1.00. The number of sulfonamides is 1. The third-order valence-corrected chi connectivity index (χ3v) is 4.85. The number of rotatable bonds is 8. The Balaban J connectivity index is 4.33. The molecule has 0 radical (unpaired) electrons. The Morgan fingerprint density at radius 3 is 2.00 bits per heavy atom. The van der Waals surface area contributed by atoms with E-state index < -0.39 is 15.3 Å². The minimum Gasteiger partial charge on any atom is -0.313 e. The van der Waals surface area contributed by atoms with Gasteiger partial charge in [-0.25, -0.2) is 12.7 Å². The van der Waals surface area contributed by atoms with Gasteiger partial charge in [-0.1, -0.05) is 13.8 Å². The van der Waals surface area contributed by atoms with Crippen molar-refractivity contribution in [2.75, 3.05) is 40.8 Å². The van der Waals surface area contributed by atoms with E-state index in [1.165, 1.54) is 4.31 Å². The van der Waals surface area contributed by atoms with Crippen molar-refractivity contribution in [3.63, 3.8) is 0 Å². The molecule has 6 heteroatoms. The molecule has 5 nitrogen and oxygen atoms in total. The molecule has 0 saturated heterocycles. The highest BCUT2D eigenvalue weighted by Crippen LogP contribution is 2.06. The Hall–Kier alpha value is -0.170. The zero-order chi connectivity index (χ0) is 13.6. The van der Waals surface area contributed by atoms with Crippen molar-refractivity contribution in [1.82, 2.24) is 14.5 Å². The Morgan fingerprint density at radius 1 is 1.06 bits per heavy atom. The van der Waals surface area contributed by atoms with Crippen molar-refractivity contribution in [3.8, 4) is 0 Å². The summed E-state index contributed by atoms with van der Waals surface area (Å²) in [7, 11) is 2.33. The van der Waals surface area contributed by atoms with Crippen LogP contribution in [0.4, 0.5) is 0 Å². The largest absolute Gasteiger partial charge is 0.313 e. The first-order chi connectivity index (χ1) is 7.67. The molecule has 1 atom stereocenters. The predicted molar refractivity (Wildman–Crippen MR) is 72.7 cm³/mol. The van der Waals surface area contributed by atoms with Crippen LogP contribution < -0.4 is 5.32 Å². The van der Waals surface area contributed by atoms with E-state index in [2.05, 4.69) is 5.32 Å². The van der Waals surface area contributed by atoms with E-state index in [1.54, 1.807) is 14.0 Å². The molecule has 104 valence electrons. The lowest BCUT2D eigenvalue weighted by Gasteiger charge is -2.24. The second-order valence-corrected chi connectivity index (χ2v) is 7.50. The summed E-state index contributed by atoms with van der Waals surface area (Å²) in [6.07, 6.45) is 0. The Kier molecular flexibility index (Phi) is 7.23. The van der Waals surface area contributed by atoms with Crippen LogP contribution in [0.3, 0.4) is 0 Å². The van der Waals surface area contributed by atoms with Gasteiger partial charge in [-0.2, -0.15) is 0 Å². The SMILES string of the molecule is CC(C)NCC(C)S(=O)(=O)N(C)CCN(C)C. The first-order valence-electron chi connectivity index (χ1n) is 6.01. The fourth-order valence-corrected chi connectivity index (χ4v) is 2.54. The molecule has 0 aromatic heterocycles. The normalized spacial score (nSPS) is 14.9. The van der Waals surface area contributed by atoms with Crippen molar-refractivity contribution >= 4 is 10.0 Å². The smallest absolute Gasteiger partial charge is 0.217 e. The van der Waals surface area contributed by atoms with Crippen LogP contribution in [0.25, 0.3) is 0 Å². The molecule has 0 fully saturated rings. The maximum Gasteiger partial charge on any atom is 0.217 e. The van der Waals surface area contributed by atoms with Crippen LogP contribution in [-0.2, 0) is 10.0 Å². The third kappa shape index (κ3) is 6.35. The van der Waals surface area contributed by atoms with Gasteiger partial charge in [-0.15, -0.1) is 0 Å². The molecule has 0 aliphatic heterocycles. The first-order valence-corrected chi connectivity index (χ1v) is 7.51. The zero-order valence-corrected chi connectivity index (χ0v) is 12.7. The minimum absolute atomic E-state index is 0.305. The van der Waals surface area contributed by atoms with E-state index in [0.29, 0.717) is 19.1 Å². The third-order valence-electron chi connectivity index (χ3n) is 2.62. The monoisotopic (exact) mass is 265 g/mol. The predicted octanol–water partition coefficient (Wildman–Crippen LogP) is 0.196. The van der Waals surface area contributed by atoms with Gasteiger partial charge in [0, 0.05) is 32.7 Å². The summed E-state index contributed by atoms with van der Waals surface area (Å²) >= 11 is 0. The van der Waals surface area contributed by atoms with Crippen LogP contribution in [0, 0.1) is 0 Å². The fourth-order valence-electron chi connectivity index (χ4n) is 1.28. The minimum atomic E-state index is -3.19. The summed E-state index contributed by atoms with van der Waals surface area (Å²) in [5, 5.41) is 2.76. The number of nitrogens with zero attached hydrogens (tertiary/aromatic N) is 2. The molecule has 0 saturated carbocycles. The van der Waals surface area contributed by atoms with E-state index in [-0.39, 0.29) is 0 Å². The van der Waals surface area contributed by atoms with Crippen molar-refractivity contribution in [1.29, 1.82) is 0 Å². The number of hydrogen-bond acceptors (Lipinski definition) is 4. The molecule has 0 rings (SSSR count). The van der Waals surface area contributed by atoms with Gasteiger partial charge in [0.25, 0.3) is 0 Å². The maximum atomic E-state index is 12.1. The summed E-state index contributed by atoms with van der Waals surface area (Å²) < 4.78 is 25.7. The van der Waals surface area contributed by atoms with Gasteiger partial charge >= 0.3 is 0 Å². The Morgan fingerprint density at radius 2 is 1.59 bits per heavy atom. The highest BCUT2D eigenvalue weighted by atomic mass is 32.2. The summed E-state index contributed by atoms with van der Waals surface area (Å²) in [5.41, 5.74) is 0. The molecule has 17 heavy (non-hydrogen) atoms. The van der Waals surface area contributed by atoms with Crippen molar-refractivity contribution in [3.05, 3.63) is 0 Å². The molecule has 0 bridgehead atoms. The summed E-state index contributed by atoms with van der Waals surface area (Å²) in [4.78, 5) is 1.98. The molecule has 0 heterocycles. The molecule has 0 aliphatic rings. The number of likely N-dealkylation sites (N-methyl/N-ethyl adjacent to an activating group) is 2. The van der Waals surface area contributed by atoms with Crippen molar-refractivity contribution in [2.24, 2.45) is 0 Å². The quantitative estimate of drug-likeness (QED) is 0.681. The van der Waals surface area contributed by atoms with Crippen LogP contribution in [0.5, 0.6) is 0 Å². The van der Waals surface area contributed by atoms with Crippen LogP contribution in [0.15, 0.2) is 0 Å². The lowest BCUT2D eigenvalue weighted by atomic mass is 10.3. The Labute approximate surface area is 106 Å². The highest BCUT2D eigenvalue weighted by Gasteiger charge is 2.25. The Bertz CT molecular complexity index is 278. The summed E-state index contributed by atoms with van der Waals surface area (Å²) in [6.45, 7) is 7.52. The molecule has 1 N–H and O–H groups in total. The number of hydrogen-bond donors (Lipinski definition) is 1. The average molecular weight is 265 g/mol. The van der Waals surface area contributed by atoms with Crippen LogP contribution in [-0.4, -0.2) is 69.7 Å².